The van der Waals surface area contributed by atoms with Crippen LogP contribution in [0.1, 0.15) is 57.9 Å². The number of fused-ring (bicyclic) bond motifs is 1. The third-order valence-electron chi connectivity index (χ3n) is 7.00. The van der Waals surface area contributed by atoms with Crippen molar-refractivity contribution in [1.29, 1.82) is 0 Å². The molecule has 0 radical (unpaired) electrons. The van der Waals surface area contributed by atoms with Crippen molar-refractivity contribution in [1.82, 2.24) is 9.34 Å². The Morgan fingerprint density at radius 3 is 2.17 bits per heavy atom. The number of hydrogen-bond donors (Lipinski definition) is 0. The molecule has 4 rings (SSSR count). The van der Waals surface area contributed by atoms with Crippen LogP contribution in [0.4, 0.5) is 0 Å². The lowest BCUT2D eigenvalue weighted by molar-refractivity contribution is -0.156. The van der Waals surface area contributed by atoms with Crippen molar-refractivity contribution < 1.29 is 14.1 Å². The first-order chi connectivity index (χ1) is 14.1. The fourth-order valence-electron chi connectivity index (χ4n) is 5.39. The van der Waals surface area contributed by atoms with Crippen molar-refractivity contribution in [2.75, 3.05) is 14.1 Å². The minimum Gasteiger partial charge on any atom is -0.460 e. The average Bonchev–Trinajstić information content (AvgIpc) is 3.41. The maximum Gasteiger partial charge on any atom is 0.310 e. The van der Waals surface area contributed by atoms with Crippen LogP contribution in [-0.2, 0) is 14.1 Å². The van der Waals surface area contributed by atoms with Gasteiger partial charge in [0, 0.05) is 23.8 Å². The maximum absolute atomic E-state index is 14.0. The zero-order valence-electron chi connectivity index (χ0n) is 18.8. The van der Waals surface area contributed by atoms with Crippen LogP contribution in [0.15, 0.2) is 42.2 Å². The number of hydrogen-bond acceptors (Lipinski definition) is 3. The molecular formula is C24H35N2O3P. The molecule has 0 N–H and O–H groups in total. The SMILES string of the molecule is CN1[C@@H]2CCCC[C@H]2N(C)P1(=O)/C=C/[C@H]1[C@H](C(=O)OC(C)(C)C)[C@H]1c1ccccc1. The molecule has 0 bridgehead atoms. The number of rotatable bonds is 4. The Labute approximate surface area is 180 Å². The quantitative estimate of drug-likeness (QED) is 0.482. The van der Waals surface area contributed by atoms with Crippen molar-refractivity contribution in [3.8, 4) is 0 Å². The van der Waals surface area contributed by atoms with Crippen LogP contribution in [0.25, 0.3) is 0 Å². The first-order valence-corrected chi connectivity index (χ1v) is 12.9. The predicted octanol–water partition coefficient (Wildman–Crippen LogP) is 5.25. The van der Waals surface area contributed by atoms with E-state index in [9.17, 15) is 9.36 Å². The summed E-state index contributed by atoms with van der Waals surface area (Å²) >= 11 is 0. The standard InChI is InChI=1S/C24H35N2O3P/c1-24(2,3)29-23(27)22-18(21(22)17-11-7-6-8-12-17)15-16-30(28)25(4)19-13-9-10-14-20(19)26(30)5/h6-8,11-12,15-16,18-22H,9-10,13-14H2,1-5H3/b16-15+/t18-,19-,20-,21+,22+/m1/s1. The van der Waals surface area contributed by atoms with Crippen LogP contribution >= 0.6 is 7.44 Å². The highest BCUT2D eigenvalue weighted by Crippen LogP contribution is 2.64. The number of esters is 1. The number of carbonyl (C=O) groups excluding carboxylic acids is 1. The summed E-state index contributed by atoms with van der Waals surface area (Å²) in [6.07, 6.45) is 6.68. The van der Waals surface area contributed by atoms with Gasteiger partial charge in [-0.05, 0) is 59.2 Å². The van der Waals surface area contributed by atoms with E-state index in [0.29, 0.717) is 12.1 Å². The molecule has 6 heteroatoms. The molecule has 0 aromatic heterocycles. The molecule has 164 valence electrons. The number of carbonyl (C=O) groups is 1. The van der Waals surface area contributed by atoms with Crippen LogP contribution in [0, 0.1) is 11.8 Å². The molecule has 1 heterocycles. The normalized spacial score (nSPS) is 34.1. The summed E-state index contributed by atoms with van der Waals surface area (Å²) in [4.78, 5) is 12.9. The lowest BCUT2D eigenvalue weighted by Gasteiger charge is -2.28. The van der Waals surface area contributed by atoms with E-state index in [0.717, 1.165) is 18.4 Å². The summed E-state index contributed by atoms with van der Waals surface area (Å²) in [6, 6.07) is 10.9. The van der Waals surface area contributed by atoms with Gasteiger partial charge in [-0.1, -0.05) is 49.2 Å². The molecule has 0 unspecified atom stereocenters. The van der Waals surface area contributed by atoms with Crippen LogP contribution in [0.3, 0.4) is 0 Å². The molecule has 1 aromatic rings. The molecule has 30 heavy (non-hydrogen) atoms. The molecular weight excluding hydrogens is 395 g/mol. The Kier molecular flexibility index (Phi) is 5.76. The molecule has 3 aliphatic rings. The monoisotopic (exact) mass is 430 g/mol. The van der Waals surface area contributed by atoms with Gasteiger partial charge in [0.1, 0.15) is 5.60 Å². The van der Waals surface area contributed by atoms with Crippen molar-refractivity contribution in [3.05, 3.63) is 47.8 Å². The van der Waals surface area contributed by atoms with Crippen molar-refractivity contribution >= 4 is 13.4 Å². The van der Waals surface area contributed by atoms with Crippen molar-refractivity contribution in [2.45, 2.75) is 70.1 Å². The van der Waals surface area contributed by atoms with Gasteiger partial charge >= 0.3 is 5.97 Å². The summed E-state index contributed by atoms with van der Waals surface area (Å²) < 4.78 is 23.9. The van der Waals surface area contributed by atoms with Gasteiger partial charge in [-0.25, -0.2) is 9.34 Å². The zero-order valence-corrected chi connectivity index (χ0v) is 19.7. The Morgan fingerprint density at radius 1 is 1.07 bits per heavy atom. The van der Waals surface area contributed by atoms with E-state index in [2.05, 4.69) is 21.5 Å². The molecule has 2 saturated carbocycles. The summed E-state index contributed by atoms with van der Waals surface area (Å²) in [7, 11) is 1.26. The van der Waals surface area contributed by atoms with Gasteiger partial charge in [0.25, 0.3) is 0 Å². The topological polar surface area (TPSA) is 49.9 Å². The second kappa shape index (κ2) is 7.93. The van der Waals surface area contributed by atoms with E-state index in [1.165, 1.54) is 12.8 Å². The van der Waals surface area contributed by atoms with E-state index in [1.807, 2.05) is 65.0 Å². The van der Waals surface area contributed by atoms with E-state index < -0.39 is 13.0 Å². The second-order valence-electron chi connectivity index (χ2n) is 10.1. The molecule has 3 fully saturated rings. The van der Waals surface area contributed by atoms with Crippen LogP contribution in [0.5, 0.6) is 0 Å². The van der Waals surface area contributed by atoms with Gasteiger partial charge in [-0.15, -0.1) is 0 Å². The number of allylic oxidation sites excluding steroid dienone is 1. The number of benzene rings is 1. The van der Waals surface area contributed by atoms with Gasteiger partial charge < -0.3 is 4.74 Å². The Morgan fingerprint density at radius 2 is 1.63 bits per heavy atom. The minimum absolute atomic E-state index is 0.0255. The zero-order chi connectivity index (χ0) is 21.7. The fourth-order valence-corrected chi connectivity index (χ4v) is 8.06. The second-order valence-corrected chi connectivity index (χ2v) is 12.8. The molecule has 5 atom stereocenters. The van der Waals surface area contributed by atoms with Gasteiger partial charge in [0.2, 0.25) is 7.44 Å². The third-order valence-corrected chi connectivity index (χ3v) is 9.96. The third kappa shape index (κ3) is 3.92. The van der Waals surface area contributed by atoms with Gasteiger partial charge in [0.15, 0.2) is 0 Å². The number of ether oxygens (including phenoxy) is 1. The molecule has 2 aliphatic carbocycles. The lowest BCUT2D eigenvalue weighted by Crippen LogP contribution is -2.37. The molecule has 0 amide bonds. The van der Waals surface area contributed by atoms with E-state index in [1.54, 1.807) is 0 Å². The molecule has 1 aromatic carbocycles. The van der Waals surface area contributed by atoms with E-state index in [-0.39, 0.29) is 23.7 Å². The average molecular weight is 431 g/mol. The largest absolute Gasteiger partial charge is 0.460 e. The first-order valence-electron chi connectivity index (χ1n) is 11.2. The van der Waals surface area contributed by atoms with Crippen LogP contribution < -0.4 is 0 Å². The first kappa shape index (κ1) is 21.8. The Balaban J connectivity index is 1.57. The van der Waals surface area contributed by atoms with E-state index >= 15 is 0 Å². The highest BCUT2D eigenvalue weighted by Gasteiger charge is 2.56. The maximum atomic E-state index is 14.0. The Hall–Kier alpha value is -1.42. The predicted molar refractivity (Wildman–Crippen MR) is 120 cm³/mol. The smallest absolute Gasteiger partial charge is 0.310 e. The molecule has 1 saturated heterocycles. The van der Waals surface area contributed by atoms with Gasteiger partial charge in [-0.3, -0.25) is 9.36 Å². The Bertz CT molecular complexity index is 841. The van der Waals surface area contributed by atoms with Crippen molar-refractivity contribution in [3.63, 3.8) is 0 Å². The molecule has 0 spiro atoms. The molecule has 1 aliphatic heterocycles. The summed E-state index contributed by atoms with van der Waals surface area (Å²) in [5.74, 6) is 1.65. The highest BCUT2D eigenvalue weighted by atomic mass is 31.2. The summed E-state index contributed by atoms with van der Waals surface area (Å²) in [5, 5.41) is 0. The number of nitrogens with zero attached hydrogens (tertiary/aromatic N) is 2. The number of likely N-dealkylation sites (N-methyl/N-ethyl adjacent to an activating group) is 2. The van der Waals surface area contributed by atoms with Crippen LogP contribution in [-0.4, -0.2) is 47.1 Å². The molecule has 5 nitrogen and oxygen atoms in total. The van der Waals surface area contributed by atoms with E-state index in [4.69, 9.17) is 4.74 Å². The fraction of sp³-hybridized carbons (Fsp3) is 0.625. The minimum atomic E-state index is -2.75. The van der Waals surface area contributed by atoms with Crippen molar-refractivity contribution in [2.24, 2.45) is 11.8 Å². The highest BCUT2D eigenvalue weighted by molar-refractivity contribution is 7.62. The summed E-state index contributed by atoms with van der Waals surface area (Å²) in [6.45, 7) is 5.70. The lowest BCUT2D eigenvalue weighted by atomic mass is 9.91. The van der Waals surface area contributed by atoms with Gasteiger partial charge in [-0.2, -0.15) is 0 Å². The summed E-state index contributed by atoms with van der Waals surface area (Å²) in [5.41, 5.74) is 0.631. The van der Waals surface area contributed by atoms with Crippen LogP contribution in [0.2, 0.25) is 0 Å². The van der Waals surface area contributed by atoms with Gasteiger partial charge in [0.05, 0.1) is 5.92 Å².